The van der Waals surface area contributed by atoms with E-state index < -0.39 is 6.04 Å². The average molecular weight is 311 g/mol. The summed E-state index contributed by atoms with van der Waals surface area (Å²) in [5.74, 6) is 0.604. The molecule has 1 heterocycles. The molecule has 0 aromatic carbocycles. The van der Waals surface area contributed by atoms with E-state index in [0.717, 1.165) is 13.1 Å². The Balaban J connectivity index is 1.71. The molecule has 6 heteroatoms. The van der Waals surface area contributed by atoms with E-state index in [0.29, 0.717) is 25.6 Å². The number of hydrogen-bond donors (Lipinski definition) is 2. The lowest BCUT2D eigenvalue weighted by molar-refractivity contribution is -0.138. The Labute approximate surface area is 132 Å². The normalized spacial score (nSPS) is 23.6. The monoisotopic (exact) mass is 311 g/mol. The molecule has 1 saturated carbocycles. The van der Waals surface area contributed by atoms with Gasteiger partial charge in [0.05, 0.1) is 19.1 Å². The molecule has 2 amide bonds. The van der Waals surface area contributed by atoms with Crippen molar-refractivity contribution in [2.24, 2.45) is 5.92 Å². The summed E-state index contributed by atoms with van der Waals surface area (Å²) in [6.07, 6.45) is 6.53. The van der Waals surface area contributed by atoms with Crippen LogP contribution in [0.5, 0.6) is 0 Å². The topological polar surface area (TPSA) is 70.7 Å². The van der Waals surface area contributed by atoms with E-state index >= 15 is 0 Å². The number of hydrogen-bond acceptors (Lipinski definition) is 4. The number of rotatable bonds is 7. The lowest BCUT2D eigenvalue weighted by Crippen LogP contribution is -2.56. The molecule has 0 aromatic heterocycles. The van der Waals surface area contributed by atoms with Crippen molar-refractivity contribution in [1.82, 2.24) is 15.5 Å². The molecule has 2 fully saturated rings. The van der Waals surface area contributed by atoms with Gasteiger partial charge in [-0.3, -0.25) is 9.59 Å². The first kappa shape index (κ1) is 17.2. The largest absolute Gasteiger partial charge is 0.383 e. The summed E-state index contributed by atoms with van der Waals surface area (Å²) in [7, 11) is 1.63. The second kappa shape index (κ2) is 9.10. The first-order valence-corrected chi connectivity index (χ1v) is 8.48. The van der Waals surface area contributed by atoms with Crippen molar-refractivity contribution in [2.45, 2.75) is 44.6 Å². The zero-order valence-electron chi connectivity index (χ0n) is 13.6. The van der Waals surface area contributed by atoms with Gasteiger partial charge in [-0.05, 0) is 18.8 Å². The fourth-order valence-electron chi connectivity index (χ4n) is 3.28. The molecule has 2 N–H and O–H groups in total. The van der Waals surface area contributed by atoms with Gasteiger partial charge < -0.3 is 20.3 Å². The van der Waals surface area contributed by atoms with Gasteiger partial charge in [-0.25, -0.2) is 0 Å². The van der Waals surface area contributed by atoms with Crippen LogP contribution in [0.3, 0.4) is 0 Å². The summed E-state index contributed by atoms with van der Waals surface area (Å²) in [6.45, 7) is 3.30. The lowest BCUT2D eigenvalue weighted by Gasteiger charge is -2.33. The van der Waals surface area contributed by atoms with E-state index in [-0.39, 0.29) is 18.2 Å². The fourth-order valence-corrected chi connectivity index (χ4v) is 3.28. The smallest absolute Gasteiger partial charge is 0.240 e. The highest BCUT2D eigenvalue weighted by Crippen LogP contribution is 2.22. The second-order valence-electron chi connectivity index (χ2n) is 6.34. The third-order valence-corrected chi connectivity index (χ3v) is 4.65. The molecule has 1 unspecified atom stereocenters. The van der Waals surface area contributed by atoms with Gasteiger partial charge in [-0.1, -0.05) is 19.3 Å². The molecule has 126 valence electrons. The van der Waals surface area contributed by atoms with E-state index in [1.165, 1.54) is 32.1 Å². The van der Waals surface area contributed by atoms with Gasteiger partial charge in [0.2, 0.25) is 11.8 Å². The Morgan fingerprint density at radius 2 is 2.14 bits per heavy atom. The summed E-state index contributed by atoms with van der Waals surface area (Å²) in [6, 6.07) is -0.392. The molecule has 1 aliphatic heterocycles. The van der Waals surface area contributed by atoms with E-state index in [1.54, 1.807) is 12.0 Å². The molecule has 0 aromatic rings. The van der Waals surface area contributed by atoms with Gasteiger partial charge in [0.15, 0.2) is 0 Å². The number of nitrogens with one attached hydrogen (secondary N) is 2. The van der Waals surface area contributed by atoms with Crippen molar-refractivity contribution < 1.29 is 14.3 Å². The molecule has 2 rings (SSSR count). The van der Waals surface area contributed by atoms with Crippen molar-refractivity contribution in [3.05, 3.63) is 0 Å². The van der Waals surface area contributed by atoms with Crippen molar-refractivity contribution in [3.8, 4) is 0 Å². The first-order valence-electron chi connectivity index (χ1n) is 8.48. The Morgan fingerprint density at radius 1 is 1.36 bits per heavy atom. The van der Waals surface area contributed by atoms with Gasteiger partial charge in [0, 0.05) is 33.3 Å². The molecule has 22 heavy (non-hydrogen) atoms. The predicted molar refractivity (Wildman–Crippen MR) is 84.4 cm³/mol. The SMILES string of the molecule is COCCN1CCNC(CC(=O)NCC2CCCCC2)C1=O. The van der Waals surface area contributed by atoms with Gasteiger partial charge in [0.1, 0.15) is 0 Å². The Morgan fingerprint density at radius 3 is 2.86 bits per heavy atom. The molecule has 1 atom stereocenters. The van der Waals surface area contributed by atoms with E-state index in [9.17, 15) is 9.59 Å². The summed E-state index contributed by atoms with van der Waals surface area (Å²) < 4.78 is 5.02. The number of ether oxygens (including phenoxy) is 1. The maximum Gasteiger partial charge on any atom is 0.240 e. The van der Waals surface area contributed by atoms with Crippen LogP contribution in [-0.4, -0.2) is 62.7 Å². The van der Waals surface area contributed by atoms with Gasteiger partial charge >= 0.3 is 0 Å². The van der Waals surface area contributed by atoms with Gasteiger partial charge in [0.25, 0.3) is 0 Å². The Bertz CT molecular complexity index is 370. The molecule has 6 nitrogen and oxygen atoms in total. The van der Waals surface area contributed by atoms with Crippen LogP contribution in [0.1, 0.15) is 38.5 Å². The van der Waals surface area contributed by atoms with Crippen LogP contribution >= 0.6 is 0 Å². The van der Waals surface area contributed by atoms with Crippen LogP contribution in [-0.2, 0) is 14.3 Å². The summed E-state index contributed by atoms with van der Waals surface area (Å²) in [5.41, 5.74) is 0. The number of methoxy groups -OCH3 is 1. The van der Waals surface area contributed by atoms with Crippen molar-refractivity contribution >= 4 is 11.8 Å². The van der Waals surface area contributed by atoms with Crippen LogP contribution in [0.4, 0.5) is 0 Å². The van der Waals surface area contributed by atoms with Crippen LogP contribution < -0.4 is 10.6 Å². The third-order valence-electron chi connectivity index (χ3n) is 4.65. The summed E-state index contributed by atoms with van der Waals surface area (Å²) >= 11 is 0. The molecule has 0 bridgehead atoms. The number of piperazine rings is 1. The van der Waals surface area contributed by atoms with E-state index in [4.69, 9.17) is 4.74 Å². The van der Waals surface area contributed by atoms with Gasteiger partial charge in [-0.15, -0.1) is 0 Å². The molecule has 0 radical (unpaired) electrons. The molecular formula is C16H29N3O3. The quantitative estimate of drug-likeness (QED) is 0.719. The average Bonchev–Trinajstić information content (AvgIpc) is 2.55. The Hall–Kier alpha value is -1.14. The van der Waals surface area contributed by atoms with Gasteiger partial charge in [-0.2, -0.15) is 0 Å². The number of carbonyl (C=O) groups excluding carboxylic acids is 2. The minimum absolute atomic E-state index is 0.0103. The molecule has 1 saturated heterocycles. The highest BCUT2D eigenvalue weighted by atomic mass is 16.5. The van der Waals surface area contributed by atoms with Crippen molar-refractivity contribution in [3.63, 3.8) is 0 Å². The zero-order chi connectivity index (χ0) is 15.8. The minimum atomic E-state index is -0.392. The maximum atomic E-state index is 12.3. The number of amides is 2. The van der Waals surface area contributed by atoms with Crippen LogP contribution in [0.25, 0.3) is 0 Å². The van der Waals surface area contributed by atoms with E-state index in [1.807, 2.05) is 0 Å². The molecular weight excluding hydrogens is 282 g/mol. The van der Waals surface area contributed by atoms with Crippen molar-refractivity contribution in [2.75, 3.05) is 39.9 Å². The van der Waals surface area contributed by atoms with Crippen LogP contribution in [0.15, 0.2) is 0 Å². The third kappa shape index (κ3) is 5.25. The number of carbonyl (C=O) groups is 2. The summed E-state index contributed by atoms with van der Waals surface area (Å²) in [4.78, 5) is 26.2. The lowest BCUT2D eigenvalue weighted by atomic mass is 9.89. The first-order chi connectivity index (χ1) is 10.7. The standard InChI is InChI=1S/C16H29N3O3/c1-22-10-9-19-8-7-17-14(16(19)21)11-15(20)18-12-13-5-3-2-4-6-13/h13-14,17H,2-12H2,1H3,(H,18,20). The highest BCUT2D eigenvalue weighted by Gasteiger charge is 2.29. The van der Waals surface area contributed by atoms with E-state index in [2.05, 4.69) is 10.6 Å². The molecule has 0 spiro atoms. The molecule has 2 aliphatic rings. The van der Waals surface area contributed by atoms with Crippen LogP contribution in [0, 0.1) is 5.92 Å². The number of nitrogens with zero attached hydrogens (tertiary/aromatic N) is 1. The molecule has 1 aliphatic carbocycles. The maximum absolute atomic E-state index is 12.3. The highest BCUT2D eigenvalue weighted by molar-refractivity contribution is 5.88. The Kier molecular flexibility index (Phi) is 7.12. The predicted octanol–water partition coefficient (Wildman–Crippen LogP) is 0.520. The minimum Gasteiger partial charge on any atom is -0.383 e. The second-order valence-corrected chi connectivity index (χ2v) is 6.34. The summed E-state index contributed by atoms with van der Waals surface area (Å²) in [5, 5.41) is 6.16. The van der Waals surface area contributed by atoms with Crippen molar-refractivity contribution in [1.29, 1.82) is 0 Å². The fraction of sp³-hybridized carbons (Fsp3) is 0.875. The van der Waals surface area contributed by atoms with Crippen LogP contribution in [0.2, 0.25) is 0 Å². The zero-order valence-corrected chi connectivity index (χ0v) is 13.6.